The van der Waals surface area contributed by atoms with Gasteiger partial charge in [0.25, 0.3) is 0 Å². The summed E-state index contributed by atoms with van der Waals surface area (Å²) >= 11 is 6.03. The Hall–Kier alpha value is -1.46. The lowest BCUT2D eigenvalue weighted by atomic mass is 9.94. The normalized spacial score (nSPS) is 21.9. The van der Waals surface area contributed by atoms with E-state index in [4.69, 9.17) is 16.1 Å². The van der Waals surface area contributed by atoms with Crippen LogP contribution in [0.15, 0.2) is 22.7 Å². The van der Waals surface area contributed by atoms with Crippen molar-refractivity contribution < 1.29 is 8.91 Å². The minimum absolute atomic E-state index is 0.197. The number of rotatable bonds is 4. The molecule has 0 aliphatic carbocycles. The third-order valence-corrected chi connectivity index (χ3v) is 4.44. The van der Waals surface area contributed by atoms with Crippen LogP contribution >= 0.6 is 11.6 Å². The Balaban J connectivity index is 1.82. The number of hydrogen-bond donors (Lipinski definition) is 1. The summed E-state index contributed by atoms with van der Waals surface area (Å²) in [5, 5.41) is 7.87. The highest BCUT2D eigenvalue weighted by atomic mass is 35.5. The molecule has 0 radical (unpaired) electrons. The Kier molecular flexibility index (Phi) is 3.95. The molecule has 4 nitrogen and oxygen atoms in total. The standard InChI is InChI=1S/C15H17ClFN3O/c1-2-15(6-3-7-18-15)14-19-13(20-21-14)8-10-4-5-11(17)9-12(10)16/h4-5,9,18H,2-3,6-8H2,1H3. The summed E-state index contributed by atoms with van der Waals surface area (Å²) in [7, 11) is 0. The summed E-state index contributed by atoms with van der Waals surface area (Å²) in [5.41, 5.74) is 0.591. The molecule has 3 rings (SSSR count). The van der Waals surface area contributed by atoms with E-state index < -0.39 is 0 Å². The topological polar surface area (TPSA) is 51.0 Å². The highest BCUT2D eigenvalue weighted by Gasteiger charge is 2.38. The molecular weight excluding hydrogens is 293 g/mol. The van der Waals surface area contributed by atoms with Crippen LogP contribution in [0.25, 0.3) is 0 Å². The first kappa shape index (κ1) is 14.5. The van der Waals surface area contributed by atoms with Crippen LogP contribution in [-0.2, 0) is 12.0 Å². The van der Waals surface area contributed by atoms with Crippen molar-refractivity contribution >= 4 is 11.6 Å². The lowest BCUT2D eigenvalue weighted by molar-refractivity contribution is 0.249. The van der Waals surface area contributed by atoms with Crippen molar-refractivity contribution in [3.63, 3.8) is 0 Å². The van der Waals surface area contributed by atoms with Gasteiger partial charge in [0, 0.05) is 11.4 Å². The highest BCUT2D eigenvalue weighted by molar-refractivity contribution is 6.31. The van der Waals surface area contributed by atoms with E-state index in [1.807, 2.05) is 0 Å². The van der Waals surface area contributed by atoms with Gasteiger partial charge in [0.15, 0.2) is 5.82 Å². The predicted molar refractivity (Wildman–Crippen MR) is 77.7 cm³/mol. The summed E-state index contributed by atoms with van der Waals surface area (Å²) in [6.07, 6.45) is 3.45. The Morgan fingerprint density at radius 3 is 3.00 bits per heavy atom. The minimum atomic E-state index is -0.349. The lowest BCUT2D eigenvalue weighted by Gasteiger charge is -2.22. The van der Waals surface area contributed by atoms with Gasteiger partial charge in [0.1, 0.15) is 5.82 Å². The summed E-state index contributed by atoms with van der Waals surface area (Å²) < 4.78 is 18.5. The van der Waals surface area contributed by atoms with Crippen molar-refractivity contribution in [2.75, 3.05) is 6.54 Å². The highest BCUT2D eigenvalue weighted by Crippen LogP contribution is 2.33. The van der Waals surface area contributed by atoms with Gasteiger partial charge in [-0.2, -0.15) is 4.98 Å². The molecule has 21 heavy (non-hydrogen) atoms. The van der Waals surface area contributed by atoms with Gasteiger partial charge in [-0.3, -0.25) is 0 Å². The molecule has 1 aromatic heterocycles. The Morgan fingerprint density at radius 2 is 2.33 bits per heavy atom. The first-order valence-corrected chi connectivity index (χ1v) is 7.53. The second-order valence-electron chi connectivity index (χ2n) is 5.39. The molecule has 6 heteroatoms. The van der Waals surface area contributed by atoms with Crippen LogP contribution in [0.5, 0.6) is 0 Å². The number of hydrogen-bond acceptors (Lipinski definition) is 4. The van der Waals surface area contributed by atoms with Crippen molar-refractivity contribution in [3.05, 3.63) is 46.3 Å². The molecule has 1 atom stereocenters. The van der Waals surface area contributed by atoms with E-state index in [-0.39, 0.29) is 11.4 Å². The average molecular weight is 310 g/mol. The van der Waals surface area contributed by atoms with Crippen molar-refractivity contribution in [2.45, 2.75) is 38.1 Å². The minimum Gasteiger partial charge on any atom is -0.337 e. The Morgan fingerprint density at radius 1 is 1.48 bits per heavy atom. The van der Waals surface area contributed by atoms with E-state index in [1.54, 1.807) is 6.07 Å². The smallest absolute Gasteiger partial charge is 0.246 e. The van der Waals surface area contributed by atoms with Gasteiger partial charge in [-0.1, -0.05) is 29.7 Å². The van der Waals surface area contributed by atoms with Crippen LogP contribution < -0.4 is 5.32 Å². The number of benzene rings is 1. The van der Waals surface area contributed by atoms with Gasteiger partial charge in [0.2, 0.25) is 5.89 Å². The fourth-order valence-corrected chi connectivity index (χ4v) is 3.03. The van der Waals surface area contributed by atoms with E-state index in [0.717, 1.165) is 31.4 Å². The van der Waals surface area contributed by atoms with Gasteiger partial charge in [-0.25, -0.2) is 4.39 Å². The van der Waals surface area contributed by atoms with E-state index in [9.17, 15) is 4.39 Å². The van der Waals surface area contributed by atoms with Gasteiger partial charge < -0.3 is 9.84 Å². The summed E-state index contributed by atoms with van der Waals surface area (Å²) in [6.45, 7) is 3.08. The van der Waals surface area contributed by atoms with Crippen LogP contribution in [-0.4, -0.2) is 16.7 Å². The number of halogens is 2. The van der Waals surface area contributed by atoms with Gasteiger partial charge >= 0.3 is 0 Å². The molecule has 1 saturated heterocycles. The first-order valence-electron chi connectivity index (χ1n) is 7.15. The van der Waals surface area contributed by atoms with E-state index in [2.05, 4.69) is 22.4 Å². The van der Waals surface area contributed by atoms with Crippen molar-refractivity contribution in [1.29, 1.82) is 0 Å². The van der Waals surface area contributed by atoms with Gasteiger partial charge in [0.05, 0.1) is 5.54 Å². The molecule has 0 saturated carbocycles. The predicted octanol–water partition coefficient (Wildman–Crippen LogP) is 3.44. The first-order chi connectivity index (χ1) is 10.1. The number of nitrogens with zero attached hydrogens (tertiary/aromatic N) is 2. The monoisotopic (exact) mass is 309 g/mol. The zero-order valence-corrected chi connectivity index (χ0v) is 12.6. The molecule has 0 bridgehead atoms. The van der Waals surface area contributed by atoms with Crippen molar-refractivity contribution in [1.82, 2.24) is 15.5 Å². The number of aromatic nitrogens is 2. The van der Waals surface area contributed by atoms with Gasteiger partial charge in [-0.05, 0) is 43.5 Å². The lowest BCUT2D eigenvalue weighted by Crippen LogP contribution is -2.36. The average Bonchev–Trinajstić information content (AvgIpc) is 3.11. The van der Waals surface area contributed by atoms with E-state index in [0.29, 0.717) is 23.2 Å². The van der Waals surface area contributed by atoms with Crippen molar-refractivity contribution in [3.8, 4) is 0 Å². The maximum atomic E-state index is 13.0. The SMILES string of the molecule is CCC1(c2nc(Cc3ccc(F)cc3Cl)no2)CCCN1. The third kappa shape index (κ3) is 2.80. The number of nitrogens with one attached hydrogen (secondary N) is 1. The van der Waals surface area contributed by atoms with Crippen LogP contribution in [0, 0.1) is 5.82 Å². The van der Waals surface area contributed by atoms with Crippen LogP contribution in [0.2, 0.25) is 5.02 Å². The van der Waals surface area contributed by atoms with Gasteiger partial charge in [-0.15, -0.1) is 0 Å². The molecule has 2 heterocycles. The molecule has 2 aromatic rings. The van der Waals surface area contributed by atoms with E-state index in [1.165, 1.54) is 12.1 Å². The quantitative estimate of drug-likeness (QED) is 0.940. The molecule has 112 valence electrons. The maximum absolute atomic E-state index is 13.0. The molecule has 1 aromatic carbocycles. The molecule has 0 spiro atoms. The van der Waals surface area contributed by atoms with Crippen LogP contribution in [0.4, 0.5) is 4.39 Å². The molecule has 1 aliphatic heterocycles. The second kappa shape index (κ2) is 5.73. The fraction of sp³-hybridized carbons (Fsp3) is 0.467. The molecule has 1 N–H and O–H groups in total. The molecule has 1 aliphatic rings. The molecule has 0 amide bonds. The Labute approximate surface area is 127 Å². The third-order valence-electron chi connectivity index (χ3n) is 4.09. The maximum Gasteiger partial charge on any atom is 0.246 e. The fourth-order valence-electron chi connectivity index (χ4n) is 2.80. The zero-order chi connectivity index (χ0) is 14.9. The largest absolute Gasteiger partial charge is 0.337 e. The van der Waals surface area contributed by atoms with Crippen molar-refractivity contribution in [2.24, 2.45) is 0 Å². The summed E-state index contributed by atoms with van der Waals surface area (Å²) in [5.74, 6) is 0.855. The zero-order valence-electron chi connectivity index (χ0n) is 11.8. The second-order valence-corrected chi connectivity index (χ2v) is 5.80. The summed E-state index contributed by atoms with van der Waals surface area (Å²) in [4.78, 5) is 4.50. The molecule has 1 fully saturated rings. The molecular formula is C15H17ClFN3O. The van der Waals surface area contributed by atoms with Crippen LogP contribution in [0.3, 0.4) is 0 Å². The van der Waals surface area contributed by atoms with Crippen LogP contribution in [0.1, 0.15) is 43.5 Å². The Bertz CT molecular complexity index is 638. The summed E-state index contributed by atoms with van der Waals surface area (Å²) in [6, 6.07) is 4.33. The van der Waals surface area contributed by atoms with E-state index >= 15 is 0 Å². The molecule has 1 unspecified atom stereocenters.